The number of benzene rings is 1. The molecule has 1 aliphatic rings. The fraction of sp³-hybridized carbons (Fsp3) is 0.250. The van der Waals surface area contributed by atoms with E-state index in [0.717, 1.165) is 30.5 Å². The van der Waals surface area contributed by atoms with E-state index >= 15 is 0 Å². The molecule has 3 rings (SSSR count). The molecule has 1 unspecified atom stereocenters. The fourth-order valence-electron chi connectivity index (χ4n) is 2.49. The first-order valence-corrected chi connectivity index (χ1v) is 10.7. The minimum absolute atomic E-state index is 0.0364. The zero-order valence-corrected chi connectivity index (χ0v) is 16.7. The van der Waals surface area contributed by atoms with Crippen LogP contribution in [-0.2, 0) is 29.0 Å². The third-order valence-electron chi connectivity index (χ3n) is 3.98. The number of thiazole rings is 1. The number of nitro benzene ring substituents is 1. The van der Waals surface area contributed by atoms with Crippen LogP contribution in [0, 0.1) is 10.1 Å². The average molecular weight is 454 g/mol. The summed E-state index contributed by atoms with van der Waals surface area (Å²) in [7, 11) is -3.98. The Bertz CT molecular complexity index is 1110. The quantitative estimate of drug-likeness (QED) is 0.345. The number of non-ortho nitro benzene ring substituents is 1. The molecule has 2 aromatic rings. The van der Waals surface area contributed by atoms with Crippen LogP contribution in [0.3, 0.4) is 0 Å². The molecule has 1 aromatic heterocycles. The Morgan fingerprint density at radius 1 is 1.33 bits per heavy atom. The highest BCUT2D eigenvalue weighted by molar-refractivity contribution is 7.93. The summed E-state index contributed by atoms with van der Waals surface area (Å²) in [6.45, 7) is -0.630. The van der Waals surface area contributed by atoms with E-state index in [2.05, 4.69) is 15.6 Å². The number of sulfone groups is 1. The molecule has 0 bridgehead atoms. The van der Waals surface area contributed by atoms with Crippen molar-refractivity contribution in [2.24, 2.45) is 0 Å². The SMILES string of the molecule is O=C(COC(=O)C1CCC(=O)N1)Nc1ncc(S(=O)(=O)c2ccc([N+](=O)[O-])cc2)s1. The lowest BCUT2D eigenvalue weighted by Gasteiger charge is -2.09. The first-order valence-electron chi connectivity index (χ1n) is 8.38. The molecule has 14 heteroatoms. The van der Waals surface area contributed by atoms with Gasteiger partial charge in [-0.05, 0) is 18.6 Å². The number of nitrogens with one attached hydrogen (secondary N) is 2. The molecule has 1 fully saturated rings. The Morgan fingerprint density at radius 2 is 2.03 bits per heavy atom. The number of carbonyl (C=O) groups is 3. The number of amides is 2. The maximum Gasteiger partial charge on any atom is 0.329 e. The molecule has 2 amide bonds. The highest BCUT2D eigenvalue weighted by atomic mass is 32.2. The van der Waals surface area contributed by atoms with Crippen LogP contribution in [-0.4, -0.2) is 48.8 Å². The average Bonchev–Trinajstić information content (AvgIpc) is 3.35. The standard InChI is InChI=1S/C16H14N4O8S2/c21-12-6-5-11(18-12)15(23)28-8-13(22)19-16-17-7-14(29-16)30(26,27)10-3-1-9(2-4-10)20(24)25/h1-4,7,11H,5-6,8H2,(H,18,21)(H,17,19,22). The van der Waals surface area contributed by atoms with Crippen molar-refractivity contribution in [2.45, 2.75) is 28.0 Å². The van der Waals surface area contributed by atoms with Gasteiger partial charge in [-0.15, -0.1) is 0 Å². The number of nitro groups is 1. The minimum atomic E-state index is -3.98. The molecule has 158 valence electrons. The predicted molar refractivity (Wildman–Crippen MR) is 101 cm³/mol. The van der Waals surface area contributed by atoms with Crippen LogP contribution >= 0.6 is 11.3 Å². The third-order valence-corrected chi connectivity index (χ3v) is 7.12. The largest absolute Gasteiger partial charge is 0.454 e. The highest BCUT2D eigenvalue weighted by Crippen LogP contribution is 2.29. The van der Waals surface area contributed by atoms with Gasteiger partial charge in [-0.25, -0.2) is 18.2 Å². The zero-order chi connectivity index (χ0) is 21.9. The summed E-state index contributed by atoms with van der Waals surface area (Å²) in [6.07, 6.45) is 1.53. The molecule has 0 spiro atoms. The molecule has 1 atom stereocenters. The fourth-order valence-corrected chi connectivity index (χ4v) is 4.94. The van der Waals surface area contributed by atoms with E-state index in [0.29, 0.717) is 11.3 Å². The van der Waals surface area contributed by atoms with Crippen LogP contribution in [0.1, 0.15) is 12.8 Å². The van der Waals surface area contributed by atoms with Gasteiger partial charge in [0, 0.05) is 18.6 Å². The topological polar surface area (TPSA) is 175 Å². The van der Waals surface area contributed by atoms with E-state index < -0.39 is 39.3 Å². The third kappa shape index (κ3) is 4.77. The van der Waals surface area contributed by atoms with Gasteiger partial charge >= 0.3 is 5.97 Å². The van der Waals surface area contributed by atoms with E-state index in [-0.39, 0.29) is 38.7 Å². The van der Waals surface area contributed by atoms with Gasteiger partial charge in [-0.2, -0.15) is 0 Å². The lowest BCUT2D eigenvalue weighted by molar-refractivity contribution is -0.384. The molecule has 1 aromatic carbocycles. The second kappa shape index (κ2) is 8.54. The van der Waals surface area contributed by atoms with Crippen LogP contribution < -0.4 is 10.6 Å². The maximum absolute atomic E-state index is 12.6. The second-order valence-corrected chi connectivity index (χ2v) is 9.26. The molecule has 0 radical (unpaired) electrons. The summed E-state index contributed by atoms with van der Waals surface area (Å²) in [5.74, 6) is -1.75. The molecular formula is C16H14N4O8S2. The first-order chi connectivity index (χ1) is 14.2. The van der Waals surface area contributed by atoms with Crippen molar-refractivity contribution in [1.29, 1.82) is 0 Å². The number of hydrogen-bond acceptors (Lipinski definition) is 10. The van der Waals surface area contributed by atoms with Gasteiger partial charge in [0.2, 0.25) is 15.7 Å². The molecule has 1 aliphatic heterocycles. The molecule has 1 saturated heterocycles. The number of carbonyl (C=O) groups excluding carboxylic acids is 3. The van der Waals surface area contributed by atoms with Crippen LogP contribution in [0.15, 0.2) is 39.6 Å². The Labute approximate surface area is 173 Å². The normalized spacial score (nSPS) is 16.0. The molecule has 0 aliphatic carbocycles. The predicted octanol–water partition coefficient (Wildman–Crippen LogP) is 0.644. The van der Waals surface area contributed by atoms with Gasteiger partial charge in [-0.3, -0.25) is 25.0 Å². The Kier molecular flexibility index (Phi) is 6.07. The van der Waals surface area contributed by atoms with Crippen LogP contribution in [0.4, 0.5) is 10.8 Å². The first kappa shape index (κ1) is 21.3. The number of ether oxygens (including phenoxy) is 1. The lowest BCUT2D eigenvalue weighted by atomic mass is 10.2. The molecule has 0 saturated carbocycles. The maximum atomic E-state index is 12.6. The van der Waals surface area contributed by atoms with E-state index in [4.69, 9.17) is 4.74 Å². The monoisotopic (exact) mass is 454 g/mol. The summed E-state index contributed by atoms with van der Waals surface area (Å²) in [6, 6.07) is 3.55. The van der Waals surface area contributed by atoms with Gasteiger partial charge in [0.15, 0.2) is 11.7 Å². The number of anilines is 1. The molecule has 2 N–H and O–H groups in total. The number of nitrogens with zero attached hydrogens (tertiary/aromatic N) is 2. The summed E-state index contributed by atoms with van der Waals surface area (Å²) < 4.78 is 29.8. The van der Waals surface area contributed by atoms with E-state index in [1.54, 1.807) is 0 Å². The smallest absolute Gasteiger partial charge is 0.329 e. The number of aromatic nitrogens is 1. The minimum Gasteiger partial charge on any atom is -0.454 e. The lowest BCUT2D eigenvalue weighted by Crippen LogP contribution is -2.36. The molecule has 30 heavy (non-hydrogen) atoms. The van der Waals surface area contributed by atoms with Crippen molar-refractivity contribution in [3.05, 3.63) is 40.6 Å². The van der Waals surface area contributed by atoms with Crippen molar-refractivity contribution >= 4 is 49.8 Å². The Hall–Kier alpha value is -3.39. The van der Waals surface area contributed by atoms with Gasteiger partial charge < -0.3 is 10.1 Å². The van der Waals surface area contributed by atoms with E-state index in [9.17, 15) is 32.9 Å². The number of hydrogen-bond donors (Lipinski definition) is 2. The van der Waals surface area contributed by atoms with Gasteiger partial charge in [0.1, 0.15) is 10.3 Å². The van der Waals surface area contributed by atoms with Gasteiger partial charge in [0.05, 0.1) is 16.0 Å². The second-order valence-electron chi connectivity index (χ2n) is 6.05. The van der Waals surface area contributed by atoms with Gasteiger partial charge in [0.25, 0.3) is 11.6 Å². The van der Waals surface area contributed by atoms with Gasteiger partial charge in [-0.1, -0.05) is 11.3 Å². The summed E-state index contributed by atoms with van der Waals surface area (Å²) in [5.41, 5.74) is -0.252. The Morgan fingerprint density at radius 3 is 2.63 bits per heavy atom. The Balaban J connectivity index is 1.59. The summed E-state index contributed by atoms with van der Waals surface area (Å²) >= 11 is 0.671. The highest BCUT2D eigenvalue weighted by Gasteiger charge is 2.29. The van der Waals surface area contributed by atoms with Crippen molar-refractivity contribution in [1.82, 2.24) is 10.3 Å². The number of rotatable bonds is 7. The molecule has 12 nitrogen and oxygen atoms in total. The van der Waals surface area contributed by atoms with Crippen LogP contribution in [0.25, 0.3) is 0 Å². The van der Waals surface area contributed by atoms with Crippen LogP contribution in [0.5, 0.6) is 0 Å². The van der Waals surface area contributed by atoms with E-state index in [1.165, 1.54) is 0 Å². The zero-order valence-electron chi connectivity index (χ0n) is 15.1. The van der Waals surface area contributed by atoms with Crippen molar-refractivity contribution in [3.63, 3.8) is 0 Å². The number of esters is 1. The summed E-state index contributed by atoms with van der Waals surface area (Å²) in [5, 5.41) is 15.4. The van der Waals surface area contributed by atoms with Crippen molar-refractivity contribution in [3.8, 4) is 0 Å². The molecular weight excluding hydrogens is 440 g/mol. The summed E-state index contributed by atoms with van der Waals surface area (Å²) in [4.78, 5) is 48.4. The molecule has 2 heterocycles. The van der Waals surface area contributed by atoms with Crippen LogP contribution in [0.2, 0.25) is 0 Å². The van der Waals surface area contributed by atoms with Crippen molar-refractivity contribution in [2.75, 3.05) is 11.9 Å². The van der Waals surface area contributed by atoms with E-state index in [1.807, 2.05) is 0 Å². The van der Waals surface area contributed by atoms with Crippen molar-refractivity contribution < 1.29 is 32.5 Å².